The third kappa shape index (κ3) is 3.09. The first-order chi connectivity index (χ1) is 8.60. The molecule has 0 radical (unpaired) electrons. The smallest absolute Gasteiger partial charge is 0.222 e. The van der Waals surface area contributed by atoms with Crippen LogP contribution in [0.4, 0.5) is 0 Å². The average Bonchev–Trinajstić information content (AvgIpc) is 2.93. The number of thiazole rings is 1. The lowest BCUT2D eigenvalue weighted by Gasteiger charge is -2.15. The molecule has 1 saturated heterocycles. The van der Waals surface area contributed by atoms with E-state index in [4.69, 9.17) is 5.73 Å². The fourth-order valence-corrected chi connectivity index (χ4v) is 3.05. The van der Waals surface area contributed by atoms with E-state index in [-0.39, 0.29) is 5.91 Å². The van der Waals surface area contributed by atoms with E-state index in [1.54, 1.807) is 11.3 Å². The first-order valence-electron chi connectivity index (χ1n) is 6.52. The molecule has 0 aliphatic carbocycles. The van der Waals surface area contributed by atoms with Gasteiger partial charge < -0.3 is 10.6 Å². The molecule has 100 valence electrons. The fraction of sp³-hybridized carbons (Fsp3) is 0.692. The van der Waals surface area contributed by atoms with Gasteiger partial charge in [-0.25, -0.2) is 4.98 Å². The minimum absolute atomic E-state index is 0.241. The van der Waals surface area contributed by atoms with E-state index in [0.717, 1.165) is 25.2 Å². The van der Waals surface area contributed by atoms with Crippen molar-refractivity contribution in [2.75, 3.05) is 19.6 Å². The summed E-state index contributed by atoms with van der Waals surface area (Å²) in [5, 5.41) is 3.29. The molecule has 2 heterocycles. The van der Waals surface area contributed by atoms with Crippen LogP contribution in [0.1, 0.15) is 36.9 Å². The number of carbonyl (C=O) groups is 1. The Morgan fingerprint density at radius 1 is 1.61 bits per heavy atom. The highest BCUT2D eigenvalue weighted by Gasteiger charge is 2.28. The SMILES string of the molecule is CC(C)c1nc(CCN2CC(CN)CC2=O)cs1. The number of carbonyl (C=O) groups excluding carboxylic acids is 1. The summed E-state index contributed by atoms with van der Waals surface area (Å²) in [5.74, 6) is 1.07. The number of nitrogens with zero attached hydrogens (tertiary/aromatic N) is 2. The van der Waals surface area contributed by atoms with Crippen molar-refractivity contribution in [3.63, 3.8) is 0 Å². The van der Waals surface area contributed by atoms with E-state index in [9.17, 15) is 4.79 Å². The largest absolute Gasteiger partial charge is 0.342 e. The molecule has 1 atom stereocenters. The molecule has 1 amide bonds. The van der Waals surface area contributed by atoms with Crippen LogP contribution in [-0.2, 0) is 11.2 Å². The number of hydrogen-bond donors (Lipinski definition) is 1. The molecule has 5 heteroatoms. The molecule has 1 unspecified atom stereocenters. The molecule has 1 fully saturated rings. The summed E-state index contributed by atoms with van der Waals surface area (Å²) in [6.07, 6.45) is 1.47. The highest BCUT2D eigenvalue weighted by Crippen LogP contribution is 2.21. The van der Waals surface area contributed by atoms with Crippen molar-refractivity contribution in [3.8, 4) is 0 Å². The maximum atomic E-state index is 11.7. The first-order valence-corrected chi connectivity index (χ1v) is 7.40. The van der Waals surface area contributed by atoms with Gasteiger partial charge in [-0.3, -0.25) is 4.79 Å². The number of likely N-dealkylation sites (tertiary alicyclic amines) is 1. The van der Waals surface area contributed by atoms with Gasteiger partial charge in [-0.1, -0.05) is 13.8 Å². The van der Waals surface area contributed by atoms with Crippen LogP contribution in [0.3, 0.4) is 0 Å². The zero-order chi connectivity index (χ0) is 13.1. The average molecular weight is 267 g/mol. The number of rotatable bonds is 5. The monoisotopic (exact) mass is 267 g/mol. The Bertz CT molecular complexity index is 416. The second-order valence-electron chi connectivity index (χ2n) is 5.23. The van der Waals surface area contributed by atoms with E-state index in [2.05, 4.69) is 24.2 Å². The molecule has 2 N–H and O–H groups in total. The highest BCUT2D eigenvalue weighted by atomic mass is 32.1. The quantitative estimate of drug-likeness (QED) is 0.882. The summed E-state index contributed by atoms with van der Waals surface area (Å²) in [4.78, 5) is 18.2. The number of nitrogens with two attached hydrogens (primary N) is 1. The van der Waals surface area contributed by atoms with Gasteiger partial charge in [0.05, 0.1) is 10.7 Å². The van der Waals surface area contributed by atoms with E-state index in [1.807, 2.05) is 4.90 Å². The third-order valence-corrected chi connectivity index (χ3v) is 4.52. The van der Waals surface area contributed by atoms with E-state index in [1.165, 1.54) is 5.01 Å². The van der Waals surface area contributed by atoms with Crippen LogP contribution in [0.2, 0.25) is 0 Å². The van der Waals surface area contributed by atoms with Crippen LogP contribution in [0.25, 0.3) is 0 Å². The van der Waals surface area contributed by atoms with Crippen molar-refractivity contribution in [2.45, 2.75) is 32.6 Å². The molecule has 1 aliphatic rings. The van der Waals surface area contributed by atoms with Crippen LogP contribution in [0, 0.1) is 5.92 Å². The molecule has 0 aromatic carbocycles. The molecule has 1 aromatic heterocycles. The third-order valence-electron chi connectivity index (χ3n) is 3.33. The molecule has 0 saturated carbocycles. The molecule has 4 nitrogen and oxygen atoms in total. The van der Waals surface area contributed by atoms with E-state index >= 15 is 0 Å². The maximum absolute atomic E-state index is 11.7. The Balaban J connectivity index is 1.86. The van der Waals surface area contributed by atoms with Gasteiger partial charge in [-0.15, -0.1) is 11.3 Å². The summed E-state index contributed by atoms with van der Waals surface area (Å²) in [6, 6.07) is 0. The predicted molar refractivity (Wildman–Crippen MR) is 73.6 cm³/mol. The van der Waals surface area contributed by atoms with Crippen LogP contribution < -0.4 is 5.73 Å². The van der Waals surface area contributed by atoms with E-state index in [0.29, 0.717) is 24.8 Å². The predicted octanol–water partition coefficient (Wildman–Crippen LogP) is 1.62. The van der Waals surface area contributed by atoms with Gasteiger partial charge in [0.1, 0.15) is 0 Å². The first kappa shape index (κ1) is 13.5. The zero-order valence-corrected chi connectivity index (χ0v) is 11.9. The number of hydrogen-bond acceptors (Lipinski definition) is 4. The van der Waals surface area contributed by atoms with Crippen molar-refractivity contribution in [2.24, 2.45) is 11.7 Å². The van der Waals surface area contributed by atoms with Crippen molar-refractivity contribution in [3.05, 3.63) is 16.1 Å². The van der Waals surface area contributed by atoms with Gasteiger partial charge in [-0.2, -0.15) is 0 Å². The van der Waals surface area contributed by atoms with Crippen molar-refractivity contribution in [1.82, 2.24) is 9.88 Å². The van der Waals surface area contributed by atoms with Gasteiger partial charge in [-0.05, 0) is 12.5 Å². The van der Waals surface area contributed by atoms with Crippen LogP contribution in [0.5, 0.6) is 0 Å². The normalized spacial score (nSPS) is 20.1. The van der Waals surface area contributed by atoms with Crippen LogP contribution in [0.15, 0.2) is 5.38 Å². The van der Waals surface area contributed by atoms with Crippen molar-refractivity contribution >= 4 is 17.2 Å². The number of aromatic nitrogens is 1. The molecule has 1 aromatic rings. The van der Waals surface area contributed by atoms with Gasteiger partial charge >= 0.3 is 0 Å². The second-order valence-corrected chi connectivity index (χ2v) is 6.12. The highest BCUT2D eigenvalue weighted by molar-refractivity contribution is 7.09. The Labute approximate surface area is 112 Å². The Hall–Kier alpha value is -0.940. The lowest BCUT2D eigenvalue weighted by atomic mass is 10.1. The van der Waals surface area contributed by atoms with Crippen LogP contribution in [-0.4, -0.2) is 35.4 Å². The Kier molecular flexibility index (Phi) is 4.35. The van der Waals surface area contributed by atoms with Gasteiger partial charge in [0.25, 0.3) is 0 Å². The molecule has 18 heavy (non-hydrogen) atoms. The molecular weight excluding hydrogens is 246 g/mol. The summed E-state index contributed by atoms with van der Waals surface area (Å²) < 4.78 is 0. The summed E-state index contributed by atoms with van der Waals surface area (Å²) in [5.41, 5.74) is 6.72. The fourth-order valence-electron chi connectivity index (χ4n) is 2.18. The topological polar surface area (TPSA) is 59.2 Å². The molecular formula is C13H21N3OS. The summed E-state index contributed by atoms with van der Waals surface area (Å²) >= 11 is 1.71. The van der Waals surface area contributed by atoms with Gasteiger partial charge in [0, 0.05) is 37.2 Å². The Morgan fingerprint density at radius 2 is 2.39 bits per heavy atom. The second kappa shape index (κ2) is 5.80. The molecule has 0 spiro atoms. The number of amides is 1. The Morgan fingerprint density at radius 3 is 2.94 bits per heavy atom. The lowest BCUT2D eigenvalue weighted by Crippen LogP contribution is -2.28. The van der Waals surface area contributed by atoms with Crippen molar-refractivity contribution < 1.29 is 4.79 Å². The summed E-state index contributed by atoms with van der Waals surface area (Å²) in [6.45, 7) is 6.50. The minimum atomic E-state index is 0.241. The molecule has 1 aliphatic heterocycles. The molecule has 0 bridgehead atoms. The van der Waals surface area contributed by atoms with Gasteiger partial charge in [0.2, 0.25) is 5.91 Å². The van der Waals surface area contributed by atoms with Gasteiger partial charge in [0.15, 0.2) is 0 Å². The maximum Gasteiger partial charge on any atom is 0.222 e. The standard InChI is InChI=1S/C13H21N3OS/c1-9(2)13-15-11(8-18-13)3-4-16-7-10(6-14)5-12(16)17/h8-10H,3-7,14H2,1-2H3. The molecule has 2 rings (SSSR count). The lowest BCUT2D eigenvalue weighted by molar-refractivity contribution is -0.127. The van der Waals surface area contributed by atoms with Crippen LogP contribution >= 0.6 is 11.3 Å². The summed E-state index contributed by atoms with van der Waals surface area (Å²) in [7, 11) is 0. The minimum Gasteiger partial charge on any atom is -0.342 e. The van der Waals surface area contributed by atoms with Crippen molar-refractivity contribution in [1.29, 1.82) is 0 Å². The zero-order valence-electron chi connectivity index (χ0n) is 11.1. The van der Waals surface area contributed by atoms with E-state index < -0.39 is 0 Å².